The Morgan fingerprint density at radius 2 is 1.04 bits per heavy atom. The van der Waals surface area contributed by atoms with Crippen LogP contribution in [0.25, 0.3) is 0 Å². The van der Waals surface area contributed by atoms with E-state index >= 15 is 0 Å². The topological polar surface area (TPSA) is 27.7 Å². The molecule has 0 fully saturated rings. The summed E-state index contributed by atoms with van der Waals surface area (Å²) in [7, 11) is 5.09. The van der Waals surface area contributed by atoms with Crippen LogP contribution in [-0.2, 0) is 14.2 Å². The molecule has 4 heteroatoms. The molecule has 0 radical (unpaired) electrons. The number of alkyl halides is 1. The van der Waals surface area contributed by atoms with E-state index in [1.807, 2.05) is 0 Å². The number of rotatable bonds is 19. The summed E-state index contributed by atoms with van der Waals surface area (Å²) >= 11 is 3.50. The Hall–Kier alpha value is 0.360. The fraction of sp³-hybridized carbons (Fsp3) is 1.00. The standard InChI is InChI=1S/C21H43BrO3/c1-5-6-7-8-11-14-17-20(21(23-2,24-3)25-4)18-15-12-9-10-13-16-19-22/h20H,5-19H2,1-4H3. The Bertz CT molecular complexity index is 262. The lowest BCUT2D eigenvalue weighted by molar-refractivity contribution is -0.380. The minimum Gasteiger partial charge on any atom is -0.331 e. The molecular weight excluding hydrogens is 380 g/mol. The van der Waals surface area contributed by atoms with Crippen LogP contribution in [0.1, 0.15) is 96.8 Å². The van der Waals surface area contributed by atoms with Crippen LogP contribution in [0.3, 0.4) is 0 Å². The van der Waals surface area contributed by atoms with Crippen LogP contribution in [0, 0.1) is 5.92 Å². The van der Waals surface area contributed by atoms with Crippen molar-refractivity contribution in [3.05, 3.63) is 0 Å². The van der Waals surface area contributed by atoms with Crippen LogP contribution in [0.2, 0.25) is 0 Å². The van der Waals surface area contributed by atoms with Gasteiger partial charge in [0.1, 0.15) is 0 Å². The Labute approximate surface area is 165 Å². The predicted molar refractivity (Wildman–Crippen MR) is 111 cm³/mol. The molecule has 0 bridgehead atoms. The smallest absolute Gasteiger partial charge is 0.285 e. The summed E-state index contributed by atoms with van der Waals surface area (Å²) in [5, 5.41) is 1.13. The Balaban J connectivity index is 4.24. The molecule has 0 spiro atoms. The molecule has 152 valence electrons. The van der Waals surface area contributed by atoms with E-state index in [0.29, 0.717) is 5.92 Å². The first-order valence-electron chi connectivity index (χ1n) is 10.4. The molecule has 0 aliphatic carbocycles. The summed E-state index contributed by atoms with van der Waals surface area (Å²) in [4.78, 5) is 0. The molecule has 0 saturated heterocycles. The van der Waals surface area contributed by atoms with Gasteiger partial charge in [-0.25, -0.2) is 0 Å². The number of unbranched alkanes of at least 4 members (excludes halogenated alkanes) is 10. The fourth-order valence-corrected chi connectivity index (χ4v) is 4.01. The second-order valence-electron chi connectivity index (χ2n) is 7.07. The number of ether oxygens (including phenoxy) is 3. The summed E-state index contributed by atoms with van der Waals surface area (Å²) in [6, 6.07) is 0. The summed E-state index contributed by atoms with van der Waals surface area (Å²) in [6.07, 6.45) is 18.0. The Morgan fingerprint density at radius 3 is 1.44 bits per heavy atom. The molecule has 0 heterocycles. The Morgan fingerprint density at radius 1 is 0.640 bits per heavy atom. The lowest BCUT2D eigenvalue weighted by atomic mass is 9.91. The molecule has 25 heavy (non-hydrogen) atoms. The van der Waals surface area contributed by atoms with Gasteiger partial charge in [-0.3, -0.25) is 0 Å². The van der Waals surface area contributed by atoms with E-state index in [0.717, 1.165) is 18.2 Å². The molecule has 0 N–H and O–H groups in total. The maximum Gasteiger partial charge on any atom is 0.285 e. The average Bonchev–Trinajstić information content (AvgIpc) is 2.64. The minimum absolute atomic E-state index is 0.307. The van der Waals surface area contributed by atoms with Crippen molar-refractivity contribution in [1.29, 1.82) is 0 Å². The zero-order valence-electron chi connectivity index (χ0n) is 17.3. The van der Waals surface area contributed by atoms with Crippen LogP contribution in [0.15, 0.2) is 0 Å². The van der Waals surface area contributed by atoms with Gasteiger partial charge >= 0.3 is 0 Å². The first-order valence-corrected chi connectivity index (χ1v) is 11.5. The maximum atomic E-state index is 5.65. The lowest BCUT2D eigenvalue weighted by Crippen LogP contribution is -2.44. The van der Waals surface area contributed by atoms with Crippen molar-refractivity contribution in [3.8, 4) is 0 Å². The number of halogens is 1. The fourth-order valence-electron chi connectivity index (χ4n) is 3.61. The highest BCUT2D eigenvalue weighted by Crippen LogP contribution is 2.33. The highest BCUT2D eigenvalue weighted by Gasteiger charge is 2.39. The maximum absolute atomic E-state index is 5.65. The second kappa shape index (κ2) is 17.8. The van der Waals surface area contributed by atoms with Gasteiger partial charge in [-0.1, -0.05) is 93.5 Å². The third-order valence-electron chi connectivity index (χ3n) is 5.20. The molecule has 0 aromatic rings. The van der Waals surface area contributed by atoms with Gasteiger partial charge in [0.05, 0.1) is 0 Å². The SMILES string of the molecule is CCCCCCCCC(CCCCCCCCBr)C(OC)(OC)OC. The molecule has 0 aromatic heterocycles. The van der Waals surface area contributed by atoms with E-state index in [9.17, 15) is 0 Å². The molecule has 1 unspecified atom stereocenters. The predicted octanol–water partition coefficient (Wildman–Crippen LogP) is 7.07. The zero-order valence-corrected chi connectivity index (χ0v) is 18.9. The van der Waals surface area contributed by atoms with Gasteiger partial charge in [0.15, 0.2) is 0 Å². The van der Waals surface area contributed by atoms with Crippen LogP contribution in [-0.4, -0.2) is 32.6 Å². The van der Waals surface area contributed by atoms with E-state index in [4.69, 9.17) is 14.2 Å². The molecule has 3 nitrogen and oxygen atoms in total. The highest BCUT2D eigenvalue weighted by molar-refractivity contribution is 9.09. The van der Waals surface area contributed by atoms with Gasteiger partial charge in [-0.05, 0) is 19.3 Å². The number of methoxy groups -OCH3 is 3. The third-order valence-corrected chi connectivity index (χ3v) is 5.76. The van der Waals surface area contributed by atoms with Crippen molar-refractivity contribution < 1.29 is 14.2 Å². The van der Waals surface area contributed by atoms with Crippen LogP contribution in [0.5, 0.6) is 0 Å². The van der Waals surface area contributed by atoms with Gasteiger partial charge in [0.2, 0.25) is 0 Å². The summed E-state index contributed by atoms with van der Waals surface area (Å²) in [5.41, 5.74) is 0. The zero-order chi connectivity index (χ0) is 18.8. The molecular formula is C21H43BrO3. The van der Waals surface area contributed by atoms with Crippen molar-refractivity contribution in [3.63, 3.8) is 0 Å². The van der Waals surface area contributed by atoms with Crippen LogP contribution >= 0.6 is 15.9 Å². The molecule has 0 aliphatic rings. The number of hydrogen-bond acceptors (Lipinski definition) is 3. The molecule has 0 saturated carbocycles. The first-order chi connectivity index (χ1) is 12.2. The molecule has 0 rings (SSSR count). The minimum atomic E-state index is -0.876. The monoisotopic (exact) mass is 422 g/mol. The summed E-state index contributed by atoms with van der Waals surface area (Å²) in [6.45, 7) is 2.26. The second-order valence-corrected chi connectivity index (χ2v) is 7.86. The van der Waals surface area contributed by atoms with Crippen molar-refractivity contribution in [2.24, 2.45) is 5.92 Å². The van der Waals surface area contributed by atoms with Crippen molar-refractivity contribution in [2.75, 3.05) is 26.7 Å². The van der Waals surface area contributed by atoms with E-state index in [-0.39, 0.29) is 0 Å². The molecule has 1 atom stereocenters. The van der Waals surface area contributed by atoms with Crippen molar-refractivity contribution in [1.82, 2.24) is 0 Å². The molecule has 0 aromatic carbocycles. The average molecular weight is 423 g/mol. The molecule has 0 aliphatic heterocycles. The quantitative estimate of drug-likeness (QED) is 0.126. The third kappa shape index (κ3) is 11.6. The van der Waals surface area contributed by atoms with Crippen molar-refractivity contribution in [2.45, 2.75) is 103 Å². The van der Waals surface area contributed by atoms with Crippen molar-refractivity contribution >= 4 is 15.9 Å². The highest BCUT2D eigenvalue weighted by atomic mass is 79.9. The lowest BCUT2D eigenvalue weighted by Gasteiger charge is -2.36. The van der Waals surface area contributed by atoms with E-state index < -0.39 is 5.97 Å². The van der Waals surface area contributed by atoms with E-state index in [1.165, 1.54) is 77.0 Å². The van der Waals surface area contributed by atoms with Crippen LogP contribution < -0.4 is 0 Å². The largest absolute Gasteiger partial charge is 0.331 e. The van der Waals surface area contributed by atoms with Gasteiger partial charge in [-0.15, -0.1) is 0 Å². The van der Waals surface area contributed by atoms with Gasteiger partial charge in [0, 0.05) is 32.6 Å². The Kier molecular flexibility index (Phi) is 18.0. The normalized spacial score (nSPS) is 13.3. The van der Waals surface area contributed by atoms with E-state index in [2.05, 4.69) is 22.9 Å². The number of hydrogen-bond donors (Lipinski definition) is 0. The summed E-state index contributed by atoms with van der Waals surface area (Å²) < 4.78 is 17.0. The van der Waals surface area contributed by atoms with E-state index in [1.54, 1.807) is 21.3 Å². The summed E-state index contributed by atoms with van der Waals surface area (Å²) in [5.74, 6) is -0.569. The van der Waals surface area contributed by atoms with Gasteiger partial charge < -0.3 is 14.2 Å². The first kappa shape index (κ1) is 25.4. The van der Waals surface area contributed by atoms with Gasteiger partial charge in [0.25, 0.3) is 5.97 Å². The van der Waals surface area contributed by atoms with Crippen LogP contribution in [0.4, 0.5) is 0 Å². The molecule has 0 amide bonds. The van der Waals surface area contributed by atoms with Gasteiger partial charge in [-0.2, -0.15) is 0 Å².